The van der Waals surface area contributed by atoms with E-state index in [1.54, 1.807) is 0 Å². The van der Waals surface area contributed by atoms with Gasteiger partial charge in [0.2, 0.25) is 0 Å². The highest BCUT2D eigenvalue weighted by atomic mass is 19.2. The van der Waals surface area contributed by atoms with Crippen molar-refractivity contribution in [3.63, 3.8) is 0 Å². The lowest BCUT2D eigenvalue weighted by molar-refractivity contribution is 0.299. The van der Waals surface area contributed by atoms with Crippen LogP contribution in [-0.2, 0) is 6.54 Å². The maximum Gasteiger partial charge on any atom is 0.161 e. The molecule has 1 aromatic carbocycles. The molecular formula is C14H18F3N. The van der Waals surface area contributed by atoms with E-state index in [4.69, 9.17) is 0 Å². The molecule has 0 amide bonds. The lowest BCUT2D eigenvalue weighted by atomic mass is 9.87. The number of hydrogen-bond donors (Lipinski definition) is 1. The third-order valence-corrected chi connectivity index (χ3v) is 3.61. The highest BCUT2D eigenvalue weighted by molar-refractivity contribution is 5.20. The van der Waals surface area contributed by atoms with E-state index in [2.05, 4.69) is 12.2 Å². The Morgan fingerprint density at radius 1 is 1.11 bits per heavy atom. The zero-order chi connectivity index (χ0) is 13.1. The number of hydrogen-bond acceptors (Lipinski definition) is 1. The molecule has 0 heterocycles. The van der Waals surface area contributed by atoms with Gasteiger partial charge in [-0.1, -0.05) is 19.8 Å². The lowest BCUT2D eigenvalue weighted by Gasteiger charge is -2.27. The molecule has 1 aliphatic carbocycles. The molecule has 1 saturated carbocycles. The molecule has 0 radical (unpaired) electrons. The van der Waals surface area contributed by atoms with Crippen LogP contribution in [0, 0.1) is 23.4 Å². The van der Waals surface area contributed by atoms with Crippen molar-refractivity contribution in [1.29, 1.82) is 0 Å². The molecule has 2 rings (SSSR count). The fourth-order valence-corrected chi connectivity index (χ4v) is 2.57. The summed E-state index contributed by atoms with van der Waals surface area (Å²) in [5, 5.41) is 3.23. The molecule has 1 nitrogen and oxygen atoms in total. The van der Waals surface area contributed by atoms with Crippen LogP contribution in [0.1, 0.15) is 38.2 Å². The number of rotatable bonds is 3. The first-order chi connectivity index (χ1) is 8.56. The van der Waals surface area contributed by atoms with Crippen LogP contribution < -0.4 is 5.32 Å². The summed E-state index contributed by atoms with van der Waals surface area (Å²) in [5.41, 5.74) is 0.187. The molecule has 4 heteroatoms. The van der Waals surface area contributed by atoms with E-state index in [0.717, 1.165) is 18.9 Å². The van der Waals surface area contributed by atoms with Gasteiger partial charge in [0.05, 0.1) is 0 Å². The molecule has 18 heavy (non-hydrogen) atoms. The van der Waals surface area contributed by atoms with Gasteiger partial charge in [0, 0.05) is 24.2 Å². The second kappa shape index (κ2) is 5.74. The van der Waals surface area contributed by atoms with Crippen molar-refractivity contribution in [2.45, 2.75) is 45.2 Å². The molecule has 2 atom stereocenters. The van der Waals surface area contributed by atoms with Crippen LogP contribution in [0.15, 0.2) is 12.1 Å². The highest BCUT2D eigenvalue weighted by Gasteiger charge is 2.19. The quantitative estimate of drug-likeness (QED) is 0.813. The van der Waals surface area contributed by atoms with Crippen LogP contribution in [0.3, 0.4) is 0 Å². The second-order valence-electron chi connectivity index (χ2n) is 5.21. The van der Waals surface area contributed by atoms with Crippen LogP contribution in [0.5, 0.6) is 0 Å². The topological polar surface area (TPSA) is 12.0 Å². The molecule has 0 aromatic heterocycles. The van der Waals surface area contributed by atoms with Gasteiger partial charge >= 0.3 is 0 Å². The van der Waals surface area contributed by atoms with E-state index in [-0.39, 0.29) is 12.1 Å². The van der Waals surface area contributed by atoms with E-state index in [0.29, 0.717) is 18.0 Å². The molecule has 1 fully saturated rings. The summed E-state index contributed by atoms with van der Waals surface area (Å²) in [5.74, 6) is -2.15. The molecule has 1 N–H and O–H groups in total. The maximum absolute atomic E-state index is 13.4. The molecule has 0 saturated heterocycles. The minimum absolute atomic E-state index is 0.187. The van der Waals surface area contributed by atoms with Gasteiger partial charge in [-0.2, -0.15) is 0 Å². The predicted molar refractivity (Wildman–Crippen MR) is 64.6 cm³/mol. The van der Waals surface area contributed by atoms with Crippen molar-refractivity contribution >= 4 is 0 Å². The summed E-state index contributed by atoms with van der Waals surface area (Å²) in [6.07, 6.45) is 4.53. The summed E-state index contributed by atoms with van der Waals surface area (Å²) in [6.45, 7) is 2.45. The average Bonchev–Trinajstić information content (AvgIpc) is 2.32. The van der Waals surface area contributed by atoms with E-state index in [1.165, 1.54) is 12.8 Å². The monoisotopic (exact) mass is 257 g/mol. The van der Waals surface area contributed by atoms with Gasteiger partial charge in [-0.05, 0) is 24.8 Å². The Balaban J connectivity index is 1.95. The molecule has 1 aliphatic rings. The van der Waals surface area contributed by atoms with Crippen LogP contribution in [0.2, 0.25) is 0 Å². The highest BCUT2D eigenvalue weighted by Crippen LogP contribution is 2.24. The molecular weight excluding hydrogens is 239 g/mol. The van der Waals surface area contributed by atoms with Crippen molar-refractivity contribution in [2.24, 2.45) is 5.92 Å². The fourth-order valence-electron chi connectivity index (χ4n) is 2.57. The van der Waals surface area contributed by atoms with Gasteiger partial charge in [-0.25, -0.2) is 13.2 Å². The number of nitrogens with one attached hydrogen (secondary N) is 1. The minimum Gasteiger partial charge on any atom is -0.310 e. The van der Waals surface area contributed by atoms with Gasteiger partial charge in [0.15, 0.2) is 11.6 Å². The first-order valence-corrected chi connectivity index (χ1v) is 6.43. The Labute approximate surface area is 105 Å². The van der Waals surface area contributed by atoms with Crippen molar-refractivity contribution in [3.8, 4) is 0 Å². The van der Waals surface area contributed by atoms with E-state index < -0.39 is 17.5 Å². The lowest BCUT2D eigenvalue weighted by Crippen LogP contribution is -2.33. The summed E-state index contributed by atoms with van der Waals surface area (Å²) < 4.78 is 39.2. The van der Waals surface area contributed by atoms with Crippen molar-refractivity contribution in [2.75, 3.05) is 0 Å². The standard InChI is InChI=1S/C14H18F3N/c1-9-3-2-4-11(5-9)18-8-10-6-13(16)14(17)7-12(10)15/h6-7,9,11,18H,2-5,8H2,1H3. The van der Waals surface area contributed by atoms with E-state index in [1.807, 2.05) is 0 Å². The van der Waals surface area contributed by atoms with Gasteiger partial charge in [0.25, 0.3) is 0 Å². The largest absolute Gasteiger partial charge is 0.310 e. The average molecular weight is 257 g/mol. The SMILES string of the molecule is CC1CCCC(NCc2cc(F)c(F)cc2F)C1. The van der Waals surface area contributed by atoms with E-state index >= 15 is 0 Å². The van der Waals surface area contributed by atoms with Crippen molar-refractivity contribution in [1.82, 2.24) is 5.32 Å². The fraction of sp³-hybridized carbons (Fsp3) is 0.571. The van der Waals surface area contributed by atoms with Crippen LogP contribution >= 0.6 is 0 Å². The zero-order valence-corrected chi connectivity index (χ0v) is 10.5. The summed E-state index contributed by atoms with van der Waals surface area (Å²) in [6, 6.07) is 1.89. The predicted octanol–water partition coefficient (Wildman–Crippen LogP) is 3.77. The Morgan fingerprint density at radius 2 is 1.83 bits per heavy atom. The number of benzene rings is 1. The molecule has 100 valence electrons. The van der Waals surface area contributed by atoms with Crippen LogP contribution in [0.25, 0.3) is 0 Å². The Bertz CT molecular complexity index is 420. The van der Waals surface area contributed by atoms with Gasteiger partial charge in [0.1, 0.15) is 5.82 Å². The van der Waals surface area contributed by atoms with Gasteiger partial charge in [-0.15, -0.1) is 0 Å². The minimum atomic E-state index is -1.14. The number of halogens is 3. The zero-order valence-electron chi connectivity index (χ0n) is 10.5. The summed E-state index contributed by atoms with van der Waals surface area (Å²) in [7, 11) is 0. The van der Waals surface area contributed by atoms with Crippen LogP contribution in [0.4, 0.5) is 13.2 Å². The third-order valence-electron chi connectivity index (χ3n) is 3.61. The molecule has 0 bridgehead atoms. The van der Waals surface area contributed by atoms with Crippen LogP contribution in [-0.4, -0.2) is 6.04 Å². The molecule has 0 aliphatic heterocycles. The van der Waals surface area contributed by atoms with Crippen molar-refractivity contribution in [3.05, 3.63) is 35.1 Å². The first-order valence-electron chi connectivity index (χ1n) is 6.43. The summed E-state index contributed by atoms with van der Waals surface area (Å²) in [4.78, 5) is 0. The molecule has 0 spiro atoms. The van der Waals surface area contributed by atoms with E-state index in [9.17, 15) is 13.2 Å². The maximum atomic E-state index is 13.4. The second-order valence-corrected chi connectivity index (χ2v) is 5.21. The molecule has 2 unspecified atom stereocenters. The Hall–Kier alpha value is -1.03. The summed E-state index contributed by atoms with van der Waals surface area (Å²) >= 11 is 0. The van der Waals surface area contributed by atoms with Gasteiger partial charge < -0.3 is 5.32 Å². The smallest absolute Gasteiger partial charge is 0.161 e. The Morgan fingerprint density at radius 3 is 2.56 bits per heavy atom. The first kappa shape index (κ1) is 13.4. The Kier molecular flexibility index (Phi) is 4.27. The normalized spacial score (nSPS) is 24.2. The van der Waals surface area contributed by atoms with Crippen molar-refractivity contribution < 1.29 is 13.2 Å². The van der Waals surface area contributed by atoms with Gasteiger partial charge in [-0.3, -0.25) is 0 Å². The third kappa shape index (κ3) is 3.25. The molecule has 1 aromatic rings.